The van der Waals surface area contributed by atoms with Gasteiger partial charge >= 0.3 is 0 Å². The molecule has 0 radical (unpaired) electrons. The first-order valence-electron chi connectivity index (χ1n) is 6.17. The monoisotopic (exact) mass is 264 g/mol. The fourth-order valence-electron chi connectivity index (χ4n) is 1.59. The first kappa shape index (κ1) is 15.2. The average Bonchev–Trinajstić information content (AvgIpc) is 2.47. The number of fused-ring (bicyclic) bond motifs is 1. The Balaban J connectivity index is 0.000000861. The van der Waals surface area contributed by atoms with Gasteiger partial charge in [-0.15, -0.1) is 0 Å². The van der Waals surface area contributed by atoms with Gasteiger partial charge in [0.1, 0.15) is 6.33 Å². The molecule has 2 aromatic rings. The smallest absolute Gasteiger partial charge is 0.188 e. The predicted molar refractivity (Wildman–Crippen MR) is 74.7 cm³/mol. The summed E-state index contributed by atoms with van der Waals surface area (Å²) in [6.45, 7) is 6.10. The van der Waals surface area contributed by atoms with Crippen molar-refractivity contribution >= 4 is 10.9 Å². The Kier molecular flexibility index (Phi) is 6.02. The summed E-state index contributed by atoms with van der Waals surface area (Å²) < 4.78 is 15.6. The number of methoxy groups -OCH3 is 2. The van der Waals surface area contributed by atoms with Gasteiger partial charge in [-0.1, -0.05) is 13.8 Å². The summed E-state index contributed by atoms with van der Waals surface area (Å²) in [6, 6.07) is 3.69. The highest BCUT2D eigenvalue weighted by Crippen LogP contribution is 2.32. The molecule has 19 heavy (non-hydrogen) atoms. The molecule has 0 saturated carbocycles. The Labute approximate surface area is 113 Å². The maximum atomic E-state index is 5.44. The highest BCUT2D eigenvalue weighted by Gasteiger charge is 2.09. The van der Waals surface area contributed by atoms with Gasteiger partial charge in [0.15, 0.2) is 18.3 Å². The molecule has 0 fully saturated rings. The van der Waals surface area contributed by atoms with Gasteiger partial charge in [-0.05, 0) is 13.0 Å². The molecule has 0 amide bonds. The lowest BCUT2D eigenvalue weighted by Gasteiger charge is -2.11. The van der Waals surface area contributed by atoms with E-state index in [1.165, 1.54) is 6.33 Å². The second-order valence-electron chi connectivity index (χ2n) is 3.53. The fourth-order valence-corrected chi connectivity index (χ4v) is 1.59. The molecule has 0 unspecified atom stereocenters. The van der Waals surface area contributed by atoms with Gasteiger partial charge in [0.2, 0.25) is 0 Å². The number of aromatic nitrogens is 2. The average molecular weight is 264 g/mol. The summed E-state index contributed by atoms with van der Waals surface area (Å²) >= 11 is 0. The van der Waals surface area contributed by atoms with Gasteiger partial charge < -0.3 is 14.2 Å². The summed E-state index contributed by atoms with van der Waals surface area (Å²) in [5.41, 5.74) is 1.74. The quantitative estimate of drug-likeness (QED) is 0.795. The Morgan fingerprint density at radius 3 is 2.42 bits per heavy atom. The van der Waals surface area contributed by atoms with Crippen LogP contribution in [0.25, 0.3) is 10.9 Å². The molecule has 104 valence electrons. The van der Waals surface area contributed by atoms with Crippen LogP contribution >= 0.6 is 0 Å². The van der Waals surface area contributed by atoms with Gasteiger partial charge in [0, 0.05) is 24.3 Å². The summed E-state index contributed by atoms with van der Waals surface area (Å²) in [7, 11) is 3.16. The number of benzene rings is 1. The van der Waals surface area contributed by atoms with Crippen LogP contribution in [0.3, 0.4) is 0 Å². The second kappa shape index (κ2) is 7.53. The van der Waals surface area contributed by atoms with Gasteiger partial charge in [-0.3, -0.25) is 0 Å². The summed E-state index contributed by atoms with van der Waals surface area (Å²) in [5.74, 6) is 1.26. The normalized spacial score (nSPS) is 9.74. The largest absolute Gasteiger partial charge is 0.493 e. The maximum absolute atomic E-state index is 5.44. The van der Waals surface area contributed by atoms with Crippen LogP contribution in [0.1, 0.15) is 19.5 Å². The van der Waals surface area contributed by atoms with Crippen LogP contribution in [0.15, 0.2) is 18.5 Å². The molecule has 0 bridgehead atoms. The van der Waals surface area contributed by atoms with E-state index in [0.29, 0.717) is 11.5 Å². The molecule has 0 aliphatic heterocycles. The van der Waals surface area contributed by atoms with Crippen LogP contribution < -0.4 is 9.47 Å². The van der Waals surface area contributed by atoms with Crippen molar-refractivity contribution in [2.75, 3.05) is 21.0 Å². The zero-order chi connectivity index (χ0) is 14.3. The van der Waals surface area contributed by atoms with E-state index >= 15 is 0 Å². The van der Waals surface area contributed by atoms with Crippen molar-refractivity contribution in [3.63, 3.8) is 0 Å². The Morgan fingerprint density at radius 1 is 1.05 bits per heavy atom. The number of ether oxygens (including phenoxy) is 3. The molecule has 1 heterocycles. The van der Waals surface area contributed by atoms with Gasteiger partial charge in [-0.25, -0.2) is 9.97 Å². The zero-order valence-corrected chi connectivity index (χ0v) is 12.1. The SMILES string of the molecule is CC.COCOc1cc2c(C)ncnc2cc1OC. The minimum Gasteiger partial charge on any atom is -0.493 e. The van der Waals surface area contributed by atoms with Gasteiger partial charge in [0.05, 0.1) is 12.6 Å². The van der Waals surface area contributed by atoms with Gasteiger partial charge in [-0.2, -0.15) is 0 Å². The number of aryl methyl sites for hydroxylation is 1. The molecule has 0 N–H and O–H groups in total. The number of rotatable bonds is 4. The molecule has 5 heteroatoms. The standard InChI is InChI=1S/C12H14N2O3.C2H6/c1-8-9-4-12(17-7-15-2)11(16-3)5-10(9)14-6-13-8;1-2/h4-6H,7H2,1-3H3;1-2H3. The Hall–Kier alpha value is -1.88. The molecule has 0 atom stereocenters. The van der Waals surface area contributed by atoms with E-state index in [1.807, 2.05) is 32.9 Å². The molecule has 0 saturated heterocycles. The number of hydrogen-bond donors (Lipinski definition) is 0. The van der Waals surface area contributed by atoms with E-state index in [0.717, 1.165) is 16.6 Å². The maximum Gasteiger partial charge on any atom is 0.188 e. The zero-order valence-electron chi connectivity index (χ0n) is 12.1. The van der Waals surface area contributed by atoms with Crippen molar-refractivity contribution in [2.45, 2.75) is 20.8 Å². The van der Waals surface area contributed by atoms with Crippen molar-refractivity contribution in [1.29, 1.82) is 0 Å². The van der Waals surface area contributed by atoms with Gasteiger partial charge in [0.25, 0.3) is 0 Å². The van der Waals surface area contributed by atoms with Crippen LogP contribution in [0.2, 0.25) is 0 Å². The second-order valence-corrected chi connectivity index (χ2v) is 3.53. The molecular weight excluding hydrogens is 244 g/mol. The van der Waals surface area contributed by atoms with Crippen molar-refractivity contribution in [3.8, 4) is 11.5 Å². The van der Waals surface area contributed by atoms with E-state index < -0.39 is 0 Å². The van der Waals surface area contributed by atoms with E-state index in [9.17, 15) is 0 Å². The number of hydrogen-bond acceptors (Lipinski definition) is 5. The molecule has 1 aromatic carbocycles. The third kappa shape index (κ3) is 3.54. The first-order chi connectivity index (χ1) is 9.26. The Bertz CT molecular complexity index is 529. The lowest BCUT2D eigenvalue weighted by atomic mass is 10.2. The minimum atomic E-state index is 0.175. The highest BCUT2D eigenvalue weighted by molar-refractivity contribution is 5.84. The van der Waals surface area contributed by atoms with Crippen LogP contribution in [-0.2, 0) is 4.74 Å². The van der Waals surface area contributed by atoms with Crippen molar-refractivity contribution in [1.82, 2.24) is 9.97 Å². The van der Waals surface area contributed by atoms with E-state index in [2.05, 4.69) is 9.97 Å². The topological polar surface area (TPSA) is 53.5 Å². The van der Waals surface area contributed by atoms with Crippen LogP contribution in [0, 0.1) is 6.92 Å². The summed E-state index contributed by atoms with van der Waals surface area (Å²) in [4.78, 5) is 8.34. The molecule has 2 rings (SSSR count). The molecule has 0 spiro atoms. The first-order valence-corrected chi connectivity index (χ1v) is 6.17. The lowest BCUT2D eigenvalue weighted by Crippen LogP contribution is -2.01. The van der Waals surface area contributed by atoms with Crippen molar-refractivity contribution in [3.05, 3.63) is 24.2 Å². The Morgan fingerprint density at radius 2 is 1.79 bits per heavy atom. The number of nitrogens with zero attached hydrogens (tertiary/aromatic N) is 2. The summed E-state index contributed by atoms with van der Waals surface area (Å²) in [6.07, 6.45) is 1.53. The van der Waals surface area contributed by atoms with E-state index in [1.54, 1.807) is 14.2 Å². The lowest BCUT2D eigenvalue weighted by molar-refractivity contribution is 0.0493. The third-order valence-electron chi connectivity index (χ3n) is 2.45. The molecule has 1 aromatic heterocycles. The molecule has 0 aliphatic rings. The van der Waals surface area contributed by atoms with E-state index in [4.69, 9.17) is 14.2 Å². The van der Waals surface area contributed by atoms with Crippen LogP contribution in [0.4, 0.5) is 0 Å². The third-order valence-corrected chi connectivity index (χ3v) is 2.45. The van der Waals surface area contributed by atoms with E-state index in [-0.39, 0.29) is 6.79 Å². The van der Waals surface area contributed by atoms with Crippen molar-refractivity contribution < 1.29 is 14.2 Å². The van der Waals surface area contributed by atoms with Crippen molar-refractivity contribution in [2.24, 2.45) is 0 Å². The predicted octanol–water partition coefficient (Wildman–Crippen LogP) is 2.96. The molecule has 0 aliphatic carbocycles. The fraction of sp³-hybridized carbons (Fsp3) is 0.429. The minimum absolute atomic E-state index is 0.175. The van der Waals surface area contributed by atoms with Crippen LogP contribution in [0.5, 0.6) is 11.5 Å². The van der Waals surface area contributed by atoms with Crippen LogP contribution in [-0.4, -0.2) is 31.0 Å². The highest BCUT2D eigenvalue weighted by atomic mass is 16.7. The summed E-state index contributed by atoms with van der Waals surface area (Å²) in [5, 5.41) is 0.944. The molecule has 5 nitrogen and oxygen atoms in total. The molecular formula is C14H20N2O3.